The molecule has 0 atom stereocenters. The first-order valence-corrected chi connectivity index (χ1v) is 7.65. The summed E-state index contributed by atoms with van der Waals surface area (Å²) in [6.07, 6.45) is 0. The third kappa shape index (κ3) is 4.64. The Bertz CT molecular complexity index is 646. The van der Waals surface area contributed by atoms with Gasteiger partial charge in [-0.1, -0.05) is 28.1 Å². The Balaban J connectivity index is 1.78. The van der Waals surface area contributed by atoms with E-state index in [1.807, 2.05) is 0 Å². The van der Waals surface area contributed by atoms with Gasteiger partial charge in [0.1, 0.15) is 19.0 Å². The Morgan fingerprint density at radius 1 is 1.33 bits per heavy atom. The van der Waals surface area contributed by atoms with Crippen molar-refractivity contribution < 1.29 is 18.7 Å². The van der Waals surface area contributed by atoms with Crippen LogP contribution in [0.15, 0.2) is 40.2 Å². The van der Waals surface area contributed by atoms with E-state index in [9.17, 15) is 14.0 Å². The van der Waals surface area contributed by atoms with Crippen molar-refractivity contribution >= 4 is 39.1 Å². The van der Waals surface area contributed by atoms with Crippen LogP contribution >= 0.6 is 27.3 Å². The summed E-state index contributed by atoms with van der Waals surface area (Å²) in [6, 6.07) is 7.88. The third-order valence-corrected chi connectivity index (χ3v) is 3.90. The molecular formula is C14H11BrFNO3S. The van der Waals surface area contributed by atoms with Crippen LogP contribution in [0, 0.1) is 5.82 Å². The van der Waals surface area contributed by atoms with Gasteiger partial charge in [0, 0.05) is 10.0 Å². The molecule has 0 bridgehead atoms. The van der Waals surface area contributed by atoms with E-state index >= 15 is 0 Å². The van der Waals surface area contributed by atoms with Gasteiger partial charge in [-0.05, 0) is 23.6 Å². The van der Waals surface area contributed by atoms with E-state index in [4.69, 9.17) is 4.74 Å². The molecule has 0 saturated heterocycles. The first kappa shape index (κ1) is 15.7. The summed E-state index contributed by atoms with van der Waals surface area (Å²) in [5, 5.41) is 4.21. The lowest BCUT2D eigenvalue weighted by atomic mass is 10.2. The van der Waals surface area contributed by atoms with Crippen LogP contribution in [0.1, 0.15) is 15.2 Å². The van der Waals surface area contributed by atoms with Gasteiger partial charge in [-0.25, -0.2) is 4.39 Å². The number of esters is 1. The molecule has 1 N–H and O–H groups in total. The predicted molar refractivity (Wildman–Crippen MR) is 80.5 cm³/mol. The van der Waals surface area contributed by atoms with E-state index in [2.05, 4.69) is 21.2 Å². The summed E-state index contributed by atoms with van der Waals surface area (Å²) in [5.41, 5.74) is 0.274. The zero-order chi connectivity index (χ0) is 15.2. The molecule has 0 aliphatic heterocycles. The van der Waals surface area contributed by atoms with Crippen LogP contribution in [0.5, 0.6) is 0 Å². The van der Waals surface area contributed by atoms with E-state index in [0.29, 0.717) is 9.35 Å². The van der Waals surface area contributed by atoms with Gasteiger partial charge in [0.25, 0.3) is 5.91 Å². The minimum Gasteiger partial charge on any atom is -0.459 e. The van der Waals surface area contributed by atoms with E-state index < -0.39 is 11.8 Å². The van der Waals surface area contributed by atoms with E-state index in [0.717, 1.165) is 0 Å². The zero-order valence-corrected chi connectivity index (χ0v) is 13.2. The lowest BCUT2D eigenvalue weighted by molar-refractivity contribution is -0.143. The van der Waals surface area contributed by atoms with Crippen molar-refractivity contribution in [2.45, 2.75) is 6.61 Å². The largest absolute Gasteiger partial charge is 0.459 e. The highest BCUT2D eigenvalue weighted by molar-refractivity contribution is 9.10. The highest BCUT2D eigenvalue weighted by Crippen LogP contribution is 2.16. The maximum absolute atomic E-state index is 13.5. The van der Waals surface area contributed by atoms with Gasteiger partial charge in [0.15, 0.2) is 0 Å². The summed E-state index contributed by atoms with van der Waals surface area (Å²) in [6.45, 7) is -0.429. The zero-order valence-electron chi connectivity index (χ0n) is 10.8. The minimum absolute atomic E-state index is 0.174. The molecular weight excluding hydrogens is 361 g/mol. The Morgan fingerprint density at radius 2 is 2.14 bits per heavy atom. The number of nitrogens with one attached hydrogen (secondary N) is 1. The number of rotatable bonds is 5. The van der Waals surface area contributed by atoms with Crippen LogP contribution in [0.4, 0.5) is 4.39 Å². The predicted octanol–water partition coefficient (Wildman–Crippen LogP) is 3.12. The van der Waals surface area contributed by atoms with Crippen molar-refractivity contribution in [3.8, 4) is 0 Å². The Morgan fingerprint density at radius 3 is 2.81 bits per heavy atom. The van der Waals surface area contributed by atoms with Crippen LogP contribution in [-0.2, 0) is 16.1 Å². The molecule has 0 unspecified atom stereocenters. The molecule has 0 spiro atoms. The van der Waals surface area contributed by atoms with Crippen LogP contribution in [0.3, 0.4) is 0 Å². The molecule has 0 saturated carbocycles. The van der Waals surface area contributed by atoms with Crippen molar-refractivity contribution in [2.24, 2.45) is 0 Å². The number of halogens is 2. The first-order chi connectivity index (χ1) is 10.1. The maximum Gasteiger partial charge on any atom is 0.325 e. The molecule has 1 aromatic carbocycles. The number of carbonyl (C=O) groups excluding carboxylic acids is 2. The normalized spacial score (nSPS) is 10.2. The Hall–Kier alpha value is -1.73. The molecule has 7 heteroatoms. The average Bonchev–Trinajstić information content (AvgIpc) is 2.98. The number of hydrogen-bond acceptors (Lipinski definition) is 4. The average molecular weight is 372 g/mol. The number of hydrogen-bond donors (Lipinski definition) is 1. The molecule has 4 nitrogen and oxygen atoms in total. The van der Waals surface area contributed by atoms with Crippen molar-refractivity contribution in [2.75, 3.05) is 6.54 Å². The van der Waals surface area contributed by atoms with Gasteiger partial charge in [-0.2, -0.15) is 0 Å². The molecule has 0 fully saturated rings. The molecule has 2 rings (SSSR count). The third-order valence-electron chi connectivity index (χ3n) is 2.54. The highest BCUT2D eigenvalue weighted by atomic mass is 79.9. The fourth-order valence-electron chi connectivity index (χ4n) is 1.50. The fourth-order valence-corrected chi connectivity index (χ4v) is 2.47. The van der Waals surface area contributed by atoms with Crippen LogP contribution in [-0.4, -0.2) is 18.4 Å². The van der Waals surface area contributed by atoms with Gasteiger partial charge >= 0.3 is 5.97 Å². The number of thiophene rings is 1. The summed E-state index contributed by atoms with van der Waals surface area (Å²) in [7, 11) is 0. The quantitative estimate of drug-likeness (QED) is 0.821. The van der Waals surface area contributed by atoms with Crippen LogP contribution < -0.4 is 5.32 Å². The molecule has 1 amide bonds. The SMILES string of the molecule is O=C(CNC(=O)c1cccs1)OCc1ccc(Br)cc1F. The second kappa shape index (κ2) is 7.33. The molecule has 2 aromatic rings. The van der Waals surface area contributed by atoms with Gasteiger partial charge < -0.3 is 10.1 Å². The van der Waals surface area contributed by atoms with Crippen LogP contribution in [0.25, 0.3) is 0 Å². The maximum atomic E-state index is 13.5. The van der Waals surface area contributed by atoms with Crippen molar-refractivity contribution in [3.05, 3.63) is 56.4 Å². The van der Waals surface area contributed by atoms with Gasteiger partial charge in [-0.15, -0.1) is 11.3 Å². The molecule has 0 aliphatic rings. The second-order valence-electron chi connectivity index (χ2n) is 4.06. The first-order valence-electron chi connectivity index (χ1n) is 5.97. The topological polar surface area (TPSA) is 55.4 Å². The Kier molecular flexibility index (Phi) is 5.46. The monoisotopic (exact) mass is 371 g/mol. The molecule has 1 heterocycles. The van der Waals surface area contributed by atoms with Gasteiger partial charge in [0.05, 0.1) is 4.88 Å². The second-order valence-corrected chi connectivity index (χ2v) is 5.92. The molecule has 1 aromatic heterocycles. The van der Waals surface area contributed by atoms with E-state index in [1.165, 1.54) is 23.5 Å². The van der Waals surface area contributed by atoms with Crippen molar-refractivity contribution in [3.63, 3.8) is 0 Å². The molecule has 0 radical (unpaired) electrons. The molecule has 21 heavy (non-hydrogen) atoms. The number of carbonyl (C=O) groups is 2. The Labute approximate surface area is 133 Å². The lowest BCUT2D eigenvalue weighted by Crippen LogP contribution is -2.30. The molecule has 0 aliphatic carbocycles. The van der Waals surface area contributed by atoms with Crippen molar-refractivity contribution in [1.29, 1.82) is 0 Å². The lowest BCUT2D eigenvalue weighted by Gasteiger charge is -2.07. The van der Waals surface area contributed by atoms with Crippen molar-refractivity contribution in [1.82, 2.24) is 5.32 Å². The molecule has 110 valence electrons. The van der Waals surface area contributed by atoms with E-state index in [-0.39, 0.29) is 24.6 Å². The highest BCUT2D eigenvalue weighted by Gasteiger charge is 2.11. The summed E-state index contributed by atoms with van der Waals surface area (Å²) >= 11 is 4.42. The standard InChI is InChI=1S/C14H11BrFNO3S/c15-10-4-3-9(11(16)6-10)8-20-13(18)7-17-14(19)12-2-1-5-21-12/h1-6H,7-8H2,(H,17,19). The van der Waals surface area contributed by atoms with E-state index in [1.54, 1.807) is 23.6 Å². The summed E-state index contributed by atoms with van der Waals surface area (Å²) in [4.78, 5) is 23.6. The minimum atomic E-state index is -0.623. The van der Waals surface area contributed by atoms with Crippen LogP contribution in [0.2, 0.25) is 0 Å². The number of ether oxygens (including phenoxy) is 1. The van der Waals surface area contributed by atoms with Gasteiger partial charge in [-0.3, -0.25) is 9.59 Å². The van der Waals surface area contributed by atoms with Gasteiger partial charge in [0.2, 0.25) is 0 Å². The number of amides is 1. The fraction of sp³-hybridized carbons (Fsp3) is 0.143. The summed E-state index contributed by atoms with van der Waals surface area (Å²) < 4.78 is 19.0. The number of benzene rings is 1. The summed E-state index contributed by atoms with van der Waals surface area (Å²) in [5.74, 6) is -1.42. The smallest absolute Gasteiger partial charge is 0.325 e.